The molecule has 1 heterocycles. The van der Waals surface area contributed by atoms with Gasteiger partial charge in [-0.3, -0.25) is 9.59 Å². The first-order valence-electron chi connectivity index (χ1n) is 7.08. The first-order chi connectivity index (χ1) is 10.0. The molecule has 1 atom stereocenters. The quantitative estimate of drug-likeness (QED) is 0.874. The smallest absolute Gasteiger partial charge is 0.253 e. The highest BCUT2D eigenvalue weighted by molar-refractivity contribution is 6.31. The van der Waals surface area contributed by atoms with Gasteiger partial charge in [0.1, 0.15) is 0 Å². The molecule has 1 aromatic carbocycles. The number of hydrogen-bond acceptors (Lipinski definition) is 3. The van der Waals surface area contributed by atoms with Crippen molar-refractivity contribution < 1.29 is 9.59 Å². The molecule has 1 aliphatic heterocycles. The summed E-state index contributed by atoms with van der Waals surface area (Å²) >= 11 is 5.94. The first kappa shape index (κ1) is 15.6. The van der Waals surface area contributed by atoms with Crippen molar-refractivity contribution in [2.45, 2.75) is 13.3 Å². The third kappa shape index (κ3) is 3.67. The maximum absolute atomic E-state index is 12.3. The van der Waals surface area contributed by atoms with Crippen LogP contribution in [0.15, 0.2) is 18.2 Å². The zero-order chi connectivity index (χ0) is 15.4. The number of likely N-dealkylation sites (tertiary alicyclic amines) is 1. The molecule has 2 rings (SSSR count). The fourth-order valence-electron chi connectivity index (χ4n) is 2.55. The number of benzene rings is 1. The molecule has 0 radical (unpaired) electrons. The number of halogens is 1. The molecule has 0 aromatic heterocycles. The van der Waals surface area contributed by atoms with E-state index in [2.05, 4.69) is 10.6 Å². The fourth-order valence-corrected chi connectivity index (χ4v) is 2.72. The van der Waals surface area contributed by atoms with Crippen LogP contribution < -0.4 is 10.6 Å². The van der Waals surface area contributed by atoms with Gasteiger partial charge in [-0.25, -0.2) is 0 Å². The molecule has 1 aromatic rings. The number of amides is 2. The summed E-state index contributed by atoms with van der Waals surface area (Å²) in [6, 6.07) is 5.15. The van der Waals surface area contributed by atoms with Gasteiger partial charge >= 0.3 is 0 Å². The van der Waals surface area contributed by atoms with E-state index in [0.717, 1.165) is 12.2 Å². The van der Waals surface area contributed by atoms with Crippen LogP contribution in [0.4, 0.5) is 5.69 Å². The van der Waals surface area contributed by atoms with Gasteiger partial charge in [0.25, 0.3) is 5.91 Å². The van der Waals surface area contributed by atoms with Crippen molar-refractivity contribution in [3.05, 3.63) is 28.8 Å². The van der Waals surface area contributed by atoms with Gasteiger partial charge in [-0.05, 0) is 25.1 Å². The summed E-state index contributed by atoms with van der Waals surface area (Å²) in [5.74, 6) is 0.165. The molecule has 0 bridgehead atoms. The zero-order valence-electron chi connectivity index (χ0n) is 12.3. The second kappa shape index (κ2) is 6.80. The topological polar surface area (TPSA) is 61.4 Å². The number of nitrogens with one attached hydrogen (secondary N) is 2. The van der Waals surface area contributed by atoms with Crippen LogP contribution in [0.25, 0.3) is 0 Å². The Bertz CT molecular complexity index is 548. The van der Waals surface area contributed by atoms with Crippen LogP contribution in [0.5, 0.6) is 0 Å². The standard InChI is InChI=1S/C15H20ClN3O2/c1-3-19-9-10(6-14(19)20)8-18-15(21)12-7-11(16)4-5-13(12)17-2/h4-5,7,10,17H,3,6,8-9H2,1-2H3,(H,18,21)/t10-/m1/s1. The number of nitrogens with zero attached hydrogens (tertiary/aromatic N) is 1. The lowest BCUT2D eigenvalue weighted by Crippen LogP contribution is -2.31. The maximum Gasteiger partial charge on any atom is 0.253 e. The number of carbonyl (C=O) groups is 2. The van der Waals surface area contributed by atoms with Crippen LogP contribution in [-0.2, 0) is 4.79 Å². The number of rotatable bonds is 5. The second-order valence-corrected chi connectivity index (χ2v) is 5.59. The lowest BCUT2D eigenvalue weighted by Gasteiger charge is -2.15. The maximum atomic E-state index is 12.3. The Labute approximate surface area is 129 Å². The van der Waals surface area contributed by atoms with Crippen molar-refractivity contribution in [2.75, 3.05) is 32.0 Å². The van der Waals surface area contributed by atoms with Crippen LogP contribution in [0, 0.1) is 5.92 Å². The number of hydrogen-bond donors (Lipinski definition) is 2. The van der Waals surface area contributed by atoms with Gasteiger partial charge in [-0.15, -0.1) is 0 Å². The van der Waals surface area contributed by atoms with E-state index in [4.69, 9.17) is 11.6 Å². The Balaban J connectivity index is 1.97. The Morgan fingerprint density at radius 3 is 2.86 bits per heavy atom. The molecule has 2 amide bonds. The van der Waals surface area contributed by atoms with Crippen LogP contribution >= 0.6 is 11.6 Å². The molecule has 5 nitrogen and oxygen atoms in total. The zero-order valence-corrected chi connectivity index (χ0v) is 13.0. The van der Waals surface area contributed by atoms with E-state index < -0.39 is 0 Å². The van der Waals surface area contributed by atoms with Gasteiger partial charge in [-0.2, -0.15) is 0 Å². The van der Waals surface area contributed by atoms with Gasteiger partial charge in [0, 0.05) is 49.7 Å². The summed E-state index contributed by atoms with van der Waals surface area (Å²) in [6.07, 6.45) is 0.503. The van der Waals surface area contributed by atoms with Crippen LogP contribution in [0.3, 0.4) is 0 Å². The Morgan fingerprint density at radius 2 is 2.24 bits per heavy atom. The van der Waals surface area contributed by atoms with Crippen molar-refractivity contribution >= 4 is 29.1 Å². The molecule has 21 heavy (non-hydrogen) atoms. The van der Waals surface area contributed by atoms with E-state index in [0.29, 0.717) is 30.1 Å². The molecule has 2 N–H and O–H groups in total. The normalized spacial score (nSPS) is 18.0. The van der Waals surface area contributed by atoms with Gasteiger partial charge in [0.2, 0.25) is 5.91 Å². The van der Waals surface area contributed by atoms with E-state index in [1.807, 2.05) is 11.8 Å². The van der Waals surface area contributed by atoms with Crippen molar-refractivity contribution in [3.63, 3.8) is 0 Å². The summed E-state index contributed by atoms with van der Waals surface area (Å²) < 4.78 is 0. The van der Waals surface area contributed by atoms with Gasteiger partial charge in [-0.1, -0.05) is 11.6 Å². The lowest BCUT2D eigenvalue weighted by molar-refractivity contribution is -0.127. The molecule has 1 aliphatic rings. The minimum atomic E-state index is -0.177. The summed E-state index contributed by atoms with van der Waals surface area (Å²) in [5.41, 5.74) is 1.25. The molecule has 0 spiro atoms. The van der Waals surface area contributed by atoms with E-state index in [9.17, 15) is 9.59 Å². The van der Waals surface area contributed by atoms with Crippen molar-refractivity contribution in [1.82, 2.24) is 10.2 Å². The third-order valence-corrected chi connectivity index (χ3v) is 3.96. The molecule has 6 heteroatoms. The monoisotopic (exact) mass is 309 g/mol. The van der Waals surface area contributed by atoms with Gasteiger partial charge in [0.05, 0.1) is 5.56 Å². The van der Waals surface area contributed by atoms with E-state index in [1.54, 1.807) is 25.2 Å². The lowest BCUT2D eigenvalue weighted by atomic mass is 10.1. The highest BCUT2D eigenvalue weighted by atomic mass is 35.5. The van der Waals surface area contributed by atoms with Crippen LogP contribution in [0.2, 0.25) is 5.02 Å². The molecular formula is C15H20ClN3O2. The Morgan fingerprint density at radius 1 is 1.48 bits per heavy atom. The van der Waals surface area contributed by atoms with Crippen molar-refractivity contribution in [3.8, 4) is 0 Å². The molecular weight excluding hydrogens is 290 g/mol. The fraction of sp³-hybridized carbons (Fsp3) is 0.467. The van der Waals surface area contributed by atoms with E-state index >= 15 is 0 Å². The molecule has 0 saturated carbocycles. The van der Waals surface area contributed by atoms with E-state index in [1.165, 1.54) is 0 Å². The highest BCUT2D eigenvalue weighted by Crippen LogP contribution is 2.21. The molecule has 114 valence electrons. The SMILES string of the molecule is CCN1C[C@@H](CNC(=O)c2cc(Cl)ccc2NC)CC1=O. The molecule has 0 aliphatic carbocycles. The van der Waals surface area contributed by atoms with Crippen molar-refractivity contribution in [2.24, 2.45) is 5.92 Å². The Hall–Kier alpha value is -1.75. The minimum Gasteiger partial charge on any atom is -0.387 e. The number of carbonyl (C=O) groups excluding carboxylic acids is 2. The average molecular weight is 310 g/mol. The second-order valence-electron chi connectivity index (χ2n) is 5.15. The molecule has 1 saturated heterocycles. The summed E-state index contributed by atoms with van der Waals surface area (Å²) in [6.45, 7) is 3.90. The highest BCUT2D eigenvalue weighted by Gasteiger charge is 2.28. The predicted molar refractivity (Wildman–Crippen MR) is 83.7 cm³/mol. The van der Waals surface area contributed by atoms with E-state index in [-0.39, 0.29) is 17.7 Å². The predicted octanol–water partition coefficient (Wildman–Crippen LogP) is 1.98. The minimum absolute atomic E-state index is 0.162. The van der Waals surface area contributed by atoms with Gasteiger partial charge in [0.15, 0.2) is 0 Å². The first-order valence-corrected chi connectivity index (χ1v) is 7.46. The number of anilines is 1. The average Bonchev–Trinajstić information content (AvgIpc) is 2.85. The summed E-state index contributed by atoms with van der Waals surface area (Å²) in [4.78, 5) is 25.7. The third-order valence-electron chi connectivity index (χ3n) is 3.72. The molecule has 0 unspecified atom stereocenters. The van der Waals surface area contributed by atoms with Crippen LogP contribution in [0.1, 0.15) is 23.7 Å². The summed E-state index contributed by atoms with van der Waals surface area (Å²) in [7, 11) is 1.76. The summed E-state index contributed by atoms with van der Waals surface area (Å²) in [5, 5.41) is 6.39. The Kier molecular flexibility index (Phi) is 5.07. The van der Waals surface area contributed by atoms with Gasteiger partial charge < -0.3 is 15.5 Å². The largest absolute Gasteiger partial charge is 0.387 e. The van der Waals surface area contributed by atoms with Crippen LogP contribution in [-0.4, -0.2) is 43.4 Å². The molecule has 1 fully saturated rings. The van der Waals surface area contributed by atoms with Crippen molar-refractivity contribution in [1.29, 1.82) is 0 Å².